The average molecular weight is 1020 g/mol. The second kappa shape index (κ2) is 20.4. The molecule has 21 heteroatoms. The SMILES string of the molecule is C[C@H](NC(=O)CCc1ccc(N2C(=O)C=CC2=O)cc1OCCCC(=O)O)C(=O)N[C@@H](C)C(=O)NCOCC(=O)[C@@]12O[C@H](c3cccc(F)c3)O[C@@H]1C[C@H]1[C@@H]3C[C@H](F)C4=CC(=O)C=C[C@]4(C)[C@@]3(F)[C@@H](O)C[C@@]12C. The van der Waals surface area contributed by atoms with Crippen molar-refractivity contribution in [1.29, 1.82) is 0 Å². The molecule has 1 saturated heterocycles. The monoisotopic (exact) mass is 1020 g/mol. The van der Waals surface area contributed by atoms with Crippen LogP contribution in [0.5, 0.6) is 5.75 Å². The van der Waals surface area contributed by atoms with Gasteiger partial charge in [-0.05, 0) is 100 Å². The Hall–Kier alpha value is -6.55. The number of aliphatic carboxylic acids is 1. The highest BCUT2D eigenvalue weighted by Crippen LogP contribution is 2.72. The van der Waals surface area contributed by atoms with E-state index in [0.717, 1.165) is 23.1 Å². The largest absolute Gasteiger partial charge is 0.493 e. The standard InChI is InChI=1S/C52H57F3N4O14/c1-27(58-47(69)28(2)57-42(63)13-11-29-10-12-32(59-43(64)14-15-44(59)65)20-38(29)71-18-6-9-45(66)67)46(68)56-26-70-25-40(62)52-41(72-48(73-52)30-7-5-8-31(53)19-30)23-34-35-22-37(54)36-21-33(60)16-17-49(36,3)51(35,55)39(61)24-50(34,52)4/h5,7-8,10,12,14-17,19-21,27-28,34-35,37,39,41,48,61H,6,9,11,13,18,22-26H2,1-4H3,(H,56,68)(H,57,63)(H,58,69)(H,66,67)/t27-,28-,34-,35-,37-,39-,41+,48+,49-,50-,51-,52+/m0/s1. The van der Waals surface area contributed by atoms with Crippen molar-refractivity contribution in [2.75, 3.05) is 24.8 Å². The van der Waals surface area contributed by atoms with Crippen molar-refractivity contribution in [3.05, 3.63) is 95.4 Å². The molecule has 2 heterocycles. The molecule has 12 atom stereocenters. The summed E-state index contributed by atoms with van der Waals surface area (Å²) in [4.78, 5) is 103. The summed E-state index contributed by atoms with van der Waals surface area (Å²) in [6.07, 6.45) is -0.832. The van der Waals surface area contributed by atoms with Gasteiger partial charge in [-0.3, -0.25) is 38.4 Å². The van der Waals surface area contributed by atoms with Gasteiger partial charge in [-0.1, -0.05) is 31.2 Å². The van der Waals surface area contributed by atoms with Crippen LogP contribution in [0.25, 0.3) is 0 Å². The highest BCUT2D eigenvalue weighted by Gasteiger charge is 2.80. The van der Waals surface area contributed by atoms with Crippen molar-refractivity contribution in [2.24, 2.45) is 22.7 Å². The van der Waals surface area contributed by atoms with Crippen molar-refractivity contribution in [3.8, 4) is 5.75 Å². The lowest BCUT2D eigenvalue weighted by Gasteiger charge is -2.63. The number of aliphatic hydroxyl groups is 1. The number of carboxylic acids is 1. The Morgan fingerprint density at radius 2 is 1.66 bits per heavy atom. The number of alkyl halides is 2. The first-order chi connectivity index (χ1) is 34.5. The number of imide groups is 1. The molecule has 73 heavy (non-hydrogen) atoms. The van der Waals surface area contributed by atoms with Crippen LogP contribution >= 0.6 is 0 Å². The molecule has 8 rings (SSSR count). The minimum atomic E-state index is -2.45. The third-order valence-corrected chi connectivity index (χ3v) is 15.5. The van der Waals surface area contributed by atoms with Crippen LogP contribution in [0.2, 0.25) is 0 Å². The van der Waals surface area contributed by atoms with E-state index in [0.29, 0.717) is 5.56 Å². The number of rotatable bonds is 19. The maximum atomic E-state index is 17.9. The van der Waals surface area contributed by atoms with Gasteiger partial charge in [-0.15, -0.1) is 0 Å². The Kier molecular flexibility index (Phi) is 14.7. The fraction of sp³-hybridized carbons (Fsp3) is 0.500. The van der Waals surface area contributed by atoms with Crippen LogP contribution in [0.4, 0.5) is 18.9 Å². The maximum absolute atomic E-state index is 17.9. The molecule has 2 aliphatic heterocycles. The summed E-state index contributed by atoms with van der Waals surface area (Å²) in [5.41, 5.74) is -6.55. The first kappa shape index (κ1) is 52.8. The summed E-state index contributed by atoms with van der Waals surface area (Å²) < 4.78 is 73.0. The maximum Gasteiger partial charge on any atom is 0.303 e. The number of carbonyl (C=O) groups excluding carboxylic acids is 7. The number of aryl methyl sites for hydroxylation is 1. The number of nitrogens with one attached hydrogen (secondary N) is 3. The second-order valence-corrected chi connectivity index (χ2v) is 19.9. The first-order valence-electron chi connectivity index (χ1n) is 24.1. The lowest BCUT2D eigenvalue weighted by atomic mass is 9.44. The summed E-state index contributed by atoms with van der Waals surface area (Å²) >= 11 is 0. The van der Waals surface area contributed by atoms with E-state index in [1.165, 1.54) is 63.3 Å². The van der Waals surface area contributed by atoms with E-state index in [1.807, 2.05) is 0 Å². The quantitative estimate of drug-likeness (QED) is 0.0761. The van der Waals surface area contributed by atoms with Crippen LogP contribution < -0.4 is 25.6 Å². The molecule has 2 aromatic carbocycles. The molecule has 4 fully saturated rings. The fourth-order valence-corrected chi connectivity index (χ4v) is 11.9. The number of hydrogen-bond acceptors (Lipinski definition) is 13. The van der Waals surface area contributed by atoms with Gasteiger partial charge in [0.1, 0.15) is 43.2 Å². The van der Waals surface area contributed by atoms with Crippen LogP contribution in [-0.2, 0) is 59.0 Å². The van der Waals surface area contributed by atoms with Crippen LogP contribution in [0.3, 0.4) is 0 Å². The number of hydrogen-bond donors (Lipinski definition) is 5. The number of ketones is 2. The summed E-state index contributed by atoms with van der Waals surface area (Å²) in [6, 6.07) is 7.62. The summed E-state index contributed by atoms with van der Waals surface area (Å²) in [7, 11) is 0. The summed E-state index contributed by atoms with van der Waals surface area (Å²) in [6.45, 7) is 4.66. The molecule has 390 valence electrons. The van der Waals surface area contributed by atoms with Crippen molar-refractivity contribution < 1.29 is 80.7 Å². The number of halogens is 3. The Labute approximate surface area is 417 Å². The molecule has 18 nitrogen and oxygen atoms in total. The van der Waals surface area contributed by atoms with E-state index in [1.54, 1.807) is 19.1 Å². The van der Waals surface area contributed by atoms with Crippen molar-refractivity contribution in [1.82, 2.24) is 16.0 Å². The normalized spacial score (nSPS) is 31.6. The van der Waals surface area contributed by atoms with E-state index >= 15 is 8.78 Å². The zero-order valence-electron chi connectivity index (χ0n) is 40.5. The van der Waals surface area contributed by atoms with E-state index in [-0.39, 0.29) is 74.1 Å². The van der Waals surface area contributed by atoms with Gasteiger partial charge in [0.05, 0.1) is 24.5 Å². The molecule has 0 spiro atoms. The summed E-state index contributed by atoms with van der Waals surface area (Å²) in [5.74, 6) is -7.64. The molecule has 0 aromatic heterocycles. The van der Waals surface area contributed by atoms with Crippen molar-refractivity contribution >= 4 is 52.8 Å². The number of benzene rings is 2. The number of nitrogens with zero attached hydrogens (tertiary/aromatic N) is 1. The average Bonchev–Trinajstić information content (AvgIpc) is 3.98. The predicted molar refractivity (Wildman–Crippen MR) is 250 cm³/mol. The number of ether oxygens (including phenoxy) is 4. The zero-order valence-corrected chi connectivity index (χ0v) is 40.5. The zero-order chi connectivity index (χ0) is 52.8. The van der Waals surface area contributed by atoms with Gasteiger partial charge in [0.15, 0.2) is 29.1 Å². The van der Waals surface area contributed by atoms with Gasteiger partial charge in [0.25, 0.3) is 11.8 Å². The Bertz CT molecular complexity index is 2700. The number of anilines is 1. The number of carboxylic acid groups (broad SMARTS) is 1. The molecule has 5 N–H and O–H groups in total. The highest BCUT2D eigenvalue weighted by molar-refractivity contribution is 6.28. The number of carbonyl (C=O) groups is 8. The molecule has 3 saturated carbocycles. The minimum absolute atomic E-state index is 0.00101. The van der Waals surface area contributed by atoms with Crippen LogP contribution in [0, 0.1) is 28.5 Å². The number of amides is 5. The number of allylic oxidation sites excluding steroid dienone is 4. The Balaban J connectivity index is 0.869. The lowest BCUT2D eigenvalue weighted by molar-refractivity contribution is -0.235. The predicted octanol–water partition coefficient (Wildman–Crippen LogP) is 3.88. The number of Topliss-reactive ketones (excluding diaryl/α,β-unsaturated/α-hetero) is 1. The van der Waals surface area contributed by atoms with Crippen LogP contribution in [-0.4, -0.2) is 119 Å². The summed E-state index contributed by atoms with van der Waals surface area (Å²) in [5, 5.41) is 28.5. The molecule has 6 aliphatic rings. The van der Waals surface area contributed by atoms with E-state index in [4.69, 9.17) is 24.1 Å². The van der Waals surface area contributed by atoms with E-state index < -0.39 is 137 Å². The molecular weight excluding hydrogens is 962 g/mol. The lowest BCUT2D eigenvalue weighted by Crippen LogP contribution is -2.70. The molecule has 2 aromatic rings. The third-order valence-electron chi connectivity index (χ3n) is 15.5. The number of fused-ring (bicyclic) bond motifs is 7. The van der Waals surface area contributed by atoms with Gasteiger partial charge >= 0.3 is 5.97 Å². The van der Waals surface area contributed by atoms with Crippen LogP contribution in [0.1, 0.15) is 83.6 Å². The number of aliphatic hydroxyl groups excluding tert-OH is 1. The van der Waals surface area contributed by atoms with Gasteiger partial charge < -0.3 is 45.1 Å². The molecule has 4 aliphatic carbocycles. The Morgan fingerprint density at radius 3 is 2.37 bits per heavy atom. The molecule has 0 unspecified atom stereocenters. The minimum Gasteiger partial charge on any atom is -0.493 e. The Morgan fingerprint density at radius 1 is 0.932 bits per heavy atom. The first-order valence-corrected chi connectivity index (χ1v) is 24.1. The van der Waals surface area contributed by atoms with Gasteiger partial charge in [-0.25, -0.2) is 18.1 Å². The van der Waals surface area contributed by atoms with E-state index in [9.17, 15) is 47.9 Å². The van der Waals surface area contributed by atoms with Gasteiger partial charge in [-0.2, -0.15) is 0 Å². The van der Waals surface area contributed by atoms with E-state index in [2.05, 4.69) is 16.0 Å². The molecule has 0 bridgehead atoms. The third kappa shape index (κ3) is 9.51. The van der Waals surface area contributed by atoms with Gasteiger partial charge in [0, 0.05) is 53.4 Å². The molecule has 5 amide bonds. The van der Waals surface area contributed by atoms with Crippen molar-refractivity contribution in [3.63, 3.8) is 0 Å². The molecular formula is C52H57F3N4O14. The van der Waals surface area contributed by atoms with Crippen molar-refractivity contribution in [2.45, 2.75) is 121 Å². The molecule has 0 radical (unpaired) electrons. The second-order valence-electron chi connectivity index (χ2n) is 19.9. The topological polar surface area (TPSA) is 253 Å². The smallest absolute Gasteiger partial charge is 0.303 e. The fourth-order valence-electron chi connectivity index (χ4n) is 11.9. The van der Waals surface area contributed by atoms with Crippen LogP contribution in [0.15, 0.2) is 78.4 Å². The highest BCUT2D eigenvalue weighted by atomic mass is 19.1. The van der Waals surface area contributed by atoms with Gasteiger partial charge in [0.2, 0.25) is 17.7 Å².